The topological polar surface area (TPSA) is 29.5 Å². The van der Waals surface area contributed by atoms with Crippen molar-refractivity contribution in [3.05, 3.63) is 72.8 Å². The van der Waals surface area contributed by atoms with Crippen LogP contribution in [0, 0.1) is 5.92 Å². The third-order valence-electron chi connectivity index (χ3n) is 5.06. The predicted molar refractivity (Wildman–Crippen MR) is 114 cm³/mol. The molecule has 2 rings (SSSR count). The third kappa shape index (κ3) is 4.34. The Morgan fingerprint density at radius 1 is 0.923 bits per heavy atom. The molecule has 0 heterocycles. The van der Waals surface area contributed by atoms with E-state index in [0.29, 0.717) is 0 Å². The molecule has 0 bridgehead atoms. The Kier molecular flexibility index (Phi) is 6.99. The van der Waals surface area contributed by atoms with Gasteiger partial charge in [-0.05, 0) is 28.3 Å². The van der Waals surface area contributed by atoms with Gasteiger partial charge in [-0.3, -0.25) is 0 Å². The molecule has 0 aromatic heterocycles. The van der Waals surface area contributed by atoms with Gasteiger partial charge in [0, 0.05) is 6.10 Å². The molecule has 2 atom stereocenters. The van der Waals surface area contributed by atoms with Crippen LogP contribution in [0.2, 0.25) is 5.04 Å². The summed E-state index contributed by atoms with van der Waals surface area (Å²) in [5.41, 5.74) is 0. The maximum Gasteiger partial charge on any atom is 0.261 e. The molecule has 0 fully saturated rings. The standard InChI is InChI=1S/C23H32O2Si/c1-19(13-12-18-24)20(2)25-26(23(3,4)5,21-14-8-6-9-15-21)22-16-10-7-11-17-22/h6-17,19-20,24H,18H2,1-5H3/b13-12+/t19-,20+/m0/s1. The third-order valence-corrected chi connectivity index (χ3v) is 10.2. The molecule has 0 spiro atoms. The normalized spacial score (nSPS) is 15.2. The van der Waals surface area contributed by atoms with Gasteiger partial charge in [-0.15, -0.1) is 0 Å². The lowest BCUT2D eigenvalue weighted by molar-refractivity contribution is 0.169. The summed E-state index contributed by atoms with van der Waals surface area (Å²) >= 11 is 0. The minimum atomic E-state index is -2.51. The Hall–Kier alpha value is -1.68. The number of hydrogen-bond donors (Lipinski definition) is 1. The average molecular weight is 369 g/mol. The second-order valence-corrected chi connectivity index (χ2v) is 12.2. The largest absolute Gasteiger partial charge is 0.404 e. The molecule has 0 radical (unpaired) electrons. The van der Waals surface area contributed by atoms with Crippen LogP contribution in [0.1, 0.15) is 34.6 Å². The second kappa shape index (κ2) is 8.80. The molecule has 0 aliphatic rings. The molecule has 0 saturated carbocycles. The summed E-state index contributed by atoms with van der Waals surface area (Å²) in [6.45, 7) is 11.2. The van der Waals surface area contributed by atoms with E-state index < -0.39 is 8.32 Å². The van der Waals surface area contributed by atoms with Gasteiger partial charge in [0.1, 0.15) is 0 Å². The molecule has 2 aromatic rings. The lowest BCUT2D eigenvalue weighted by Gasteiger charge is -2.45. The first kappa shape index (κ1) is 20.6. The summed E-state index contributed by atoms with van der Waals surface area (Å²) in [5.74, 6) is 0.226. The number of aliphatic hydroxyl groups is 1. The predicted octanol–water partition coefficient (Wildman–Crippen LogP) is 4.14. The van der Waals surface area contributed by atoms with Crippen molar-refractivity contribution < 1.29 is 9.53 Å². The summed E-state index contributed by atoms with van der Waals surface area (Å²) in [6, 6.07) is 21.4. The van der Waals surface area contributed by atoms with Crippen molar-refractivity contribution in [3.63, 3.8) is 0 Å². The van der Waals surface area contributed by atoms with Gasteiger partial charge in [0.25, 0.3) is 8.32 Å². The van der Waals surface area contributed by atoms with Gasteiger partial charge < -0.3 is 9.53 Å². The summed E-state index contributed by atoms with van der Waals surface area (Å²) in [4.78, 5) is 0. The van der Waals surface area contributed by atoms with Gasteiger partial charge in [-0.1, -0.05) is 101 Å². The molecule has 1 N–H and O–H groups in total. The molecular formula is C23H32O2Si. The first-order valence-electron chi connectivity index (χ1n) is 9.39. The van der Waals surface area contributed by atoms with Gasteiger partial charge in [0.2, 0.25) is 0 Å². The van der Waals surface area contributed by atoms with Crippen LogP contribution in [-0.4, -0.2) is 26.1 Å². The van der Waals surface area contributed by atoms with Crippen molar-refractivity contribution in [2.24, 2.45) is 5.92 Å². The first-order chi connectivity index (χ1) is 12.3. The van der Waals surface area contributed by atoms with Crippen LogP contribution in [0.3, 0.4) is 0 Å². The van der Waals surface area contributed by atoms with Crippen molar-refractivity contribution in [2.45, 2.75) is 45.8 Å². The molecule has 3 heteroatoms. The fourth-order valence-electron chi connectivity index (χ4n) is 3.51. The molecule has 26 heavy (non-hydrogen) atoms. The van der Waals surface area contributed by atoms with Crippen LogP contribution in [0.5, 0.6) is 0 Å². The molecule has 0 unspecified atom stereocenters. The Labute approximate surface area is 159 Å². The fraction of sp³-hybridized carbons (Fsp3) is 0.391. The summed E-state index contributed by atoms with van der Waals surface area (Å²) in [6.07, 6.45) is 3.89. The van der Waals surface area contributed by atoms with E-state index in [2.05, 4.69) is 95.3 Å². The number of hydrogen-bond acceptors (Lipinski definition) is 2. The van der Waals surface area contributed by atoms with Crippen LogP contribution in [0.25, 0.3) is 0 Å². The maximum atomic E-state index is 9.10. The van der Waals surface area contributed by atoms with Crippen LogP contribution in [-0.2, 0) is 4.43 Å². The molecule has 2 aromatic carbocycles. The van der Waals surface area contributed by atoms with Gasteiger partial charge in [-0.25, -0.2) is 0 Å². The smallest absolute Gasteiger partial charge is 0.261 e. The zero-order valence-corrected chi connectivity index (χ0v) is 17.6. The molecule has 0 amide bonds. The number of benzene rings is 2. The highest BCUT2D eigenvalue weighted by molar-refractivity contribution is 6.99. The van der Waals surface area contributed by atoms with Crippen molar-refractivity contribution in [2.75, 3.05) is 6.61 Å². The van der Waals surface area contributed by atoms with Crippen molar-refractivity contribution in [3.8, 4) is 0 Å². The minimum Gasteiger partial charge on any atom is -0.404 e. The zero-order valence-electron chi connectivity index (χ0n) is 16.6. The van der Waals surface area contributed by atoms with Gasteiger partial charge in [0.15, 0.2) is 0 Å². The van der Waals surface area contributed by atoms with Crippen molar-refractivity contribution in [1.29, 1.82) is 0 Å². The first-order valence-corrected chi connectivity index (χ1v) is 11.3. The Balaban J connectivity index is 2.59. The highest BCUT2D eigenvalue weighted by Crippen LogP contribution is 2.38. The molecule has 0 aliphatic carbocycles. The van der Waals surface area contributed by atoms with Crippen LogP contribution >= 0.6 is 0 Å². The quantitative estimate of drug-likeness (QED) is 0.588. The average Bonchev–Trinajstić information content (AvgIpc) is 2.64. The van der Waals surface area contributed by atoms with E-state index in [1.165, 1.54) is 10.4 Å². The highest BCUT2D eigenvalue weighted by atomic mass is 28.4. The van der Waals surface area contributed by atoms with Crippen LogP contribution in [0.15, 0.2) is 72.8 Å². The summed E-state index contributed by atoms with van der Waals surface area (Å²) in [7, 11) is -2.51. The minimum absolute atomic E-state index is 0.0234. The van der Waals surface area contributed by atoms with Gasteiger partial charge in [-0.2, -0.15) is 0 Å². The van der Waals surface area contributed by atoms with Gasteiger partial charge >= 0.3 is 0 Å². The van der Waals surface area contributed by atoms with Crippen LogP contribution < -0.4 is 10.4 Å². The monoisotopic (exact) mass is 368 g/mol. The number of aliphatic hydroxyl groups excluding tert-OH is 1. The second-order valence-electron chi connectivity index (χ2n) is 7.96. The van der Waals surface area contributed by atoms with Gasteiger partial charge in [0.05, 0.1) is 6.61 Å². The van der Waals surface area contributed by atoms with E-state index in [0.717, 1.165) is 0 Å². The maximum absolute atomic E-state index is 9.10. The Bertz CT molecular complexity index is 650. The lowest BCUT2D eigenvalue weighted by Crippen LogP contribution is -2.67. The van der Waals surface area contributed by atoms with E-state index >= 15 is 0 Å². The molecule has 140 valence electrons. The molecule has 0 aliphatic heterocycles. The van der Waals surface area contributed by atoms with E-state index in [1.54, 1.807) is 6.08 Å². The highest BCUT2D eigenvalue weighted by Gasteiger charge is 2.51. The van der Waals surface area contributed by atoms with Crippen molar-refractivity contribution in [1.82, 2.24) is 0 Å². The lowest BCUT2D eigenvalue weighted by atomic mass is 10.1. The van der Waals surface area contributed by atoms with E-state index in [1.807, 2.05) is 6.08 Å². The van der Waals surface area contributed by atoms with E-state index in [-0.39, 0.29) is 23.7 Å². The van der Waals surface area contributed by atoms with E-state index in [9.17, 15) is 0 Å². The van der Waals surface area contributed by atoms with Crippen molar-refractivity contribution >= 4 is 18.7 Å². The summed E-state index contributed by atoms with van der Waals surface area (Å²) < 4.78 is 7.04. The number of rotatable bonds is 7. The SMILES string of the molecule is C[C@@H](/C=C/CO)[C@@H](C)O[Si](c1ccccc1)(c1ccccc1)C(C)(C)C. The fourth-order valence-corrected chi connectivity index (χ4v) is 8.30. The zero-order chi connectivity index (χ0) is 19.2. The van der Waals surface area contributed by atoms with Crippen LogP contribution in [0.4, 0.5) is 0 Å². The Morgan fingerprint density at radius 2 is 1.38 bits per heavy atom. The molecular weight excluding hydrogens is 336 g/mol. The molecule has 2 nitrogen and oxygen atoms in total. The molecule has 0 saturated heterocycles. The summed E-state index contributed by atoms with van der Waals surface area (Å²) in [5, 5.41) is 11.7. The Morgan fingerprint density at radius 3 is 1.77 bits per heavy atom. The van der Waals surface area contributed by atoms with E-state index in [4.69, 9.17) is 9.53 Å².